The van der Waals surface area contributed by atoms with Crippen molar-refractivity contribution in [3.8, 4) is 5.75 Å². The van der Waals surface area contributed by atoms with Crippen LogP contribution in [-0.4, -0.2) is 17.2 Å². The molecule has 116 valence electrons. The van der Waals surface area contributed by atoms with Gasteiger partial charge in [-0.25, -0.2) is 4.79 Å². The third kappa shape index (κ3) is 4.15. The van der Waals surface area contributed by atoms with Crippen molar-refractivity contribution >= 4 is 29.2 Å². The van der Waals surface area contributed by atoms with Gasteiger partial charge in [-0.3, -0.25) is 0 Å². The lowest BCUT2D eigenvalue weighted by Gasteiger charge is -2.17. The Labute approximate surface area is 139 Å². The predicted octanol–water partition coefficient (Wildman–Crippen LogP) is 4.68. The molecule has 2 rings (SSSR count). The Morgan fingerprint density at radius 2 is 1.86 bits per heavy atom. The molecule has 0 saturated heterocycles. The second-order valence-electron chi connectivity index (χ2n) is 5.13. The van der Waals surface area contributed by atoms with Gasteiger partial charge in [0.15, 0.2) is 6.10 Å². The van der Waals surface area contributed by atoms with E-state index < -0.39 is 12.1 Å². The molecule has 5 heteroatoms. The fourth-order valence-corrected chi connectivity index (χ4v) is 2.47. The minimum atomic E-state index is -1.01. The van der Waals surface area contributed by atoms with E-state index in [-0.39, 0.29) is 6.42 Å². The SMILES string of the molecule is Cc1cc(OC(Cc2ccc(Cl)cc2C)C(=O)O)ccc1Cl. The van der Waals surface area contributed by atoms with Gasteiger partial charge in [0.2, 0.25) is 0 Å². The second kappa shape index (κ2) is 7.03. The van der Waals surface area contributed by atoms with Gasteiger partial charge in [0, 0.05) is 16.5 Å². The molecule has 3 nitrogen and oxygen atoms in total. The lowest BCUT2D eigenvalue weighted by molar-refractivity contribution is -0.145. The van der Waals surface area contributed by atoms with Crippen LogP contribution in [-0.2, 0) is 11.2 Å². The van der Waals surface area contributed by atoms with Crippen LogP contribution < -0.4 is 4.74 Å². The maximum atomic E-state index is 11.5. The highest BCUT2D eigenvalue weighted by Gasteiger charge is 2.21. The van der Waals surface area contributed by atoms with E-state index in [0.29, 0.717) is 15.8 Å². The van der Waals surface area contributed by atoms with Crippen molar-refractivity contribution < 1.29 is 14.6 Å². The molecular weight excluding hydrogens is 323 g/mol. The van der Waals surface area contributed by atoms with Crippen molar-refractivity contribution in [2.24, 2.45) is 0 Å². The number of rotatable bonds is 5. The van der Waals surface area contributed by atoms with Gasteiger partial charge < -0.3 is 9.84 Å². The van der Waals surface area contributed by atoms with Crippen LogP contribution in [0.3, 0.4) is 0 Å². The summed E-state index contributed by atoms with van der Waals surface area (Å²) in [6.07, 6.45) is -0.708. The average Bonchev–Trinajstić information content (AvgIpc) is 2.44. The first-order chi connectivity index (χ1) is 10.4. The van der Waals surface area contributed by atoms with Gasteiger partial charge in [0.25, 0.3) is 0 Å². The Bertz CT molecular complexity index is 698. The monoisotopic (exact) mass is 338 g/mol. The van der Waals surface area contributed by atoms with Gasteiger partial charge in [-0.15, -0.1) is 0 Å². The van der Waals surface area contributed by atoms with E-state index in [1.165, 1.54) is 0 Å². The van der Waals surface area contributed by atoms with E-state index in [1.807, 2.05) is 26.0 Å². The molecule has 1 unspecified atom stereocenters. The molecule has 0 saturated carbocycles. The van der Waals surface area contributed by atoms with Crippen molar-refractivity contribution in [2.75, 3.05) is 0 Å². The first kappa shape index (κ1) is 16.7. The summed E-state index contributed by atoms with van der Waals surface area (Å²) < 4.78 is 5.61. The van der Waals surface area contributed by atoms with Crippen molar-refractivity contribution in [3.05, 3.63) is 63.1 Å². The van der Waals surface area contributed by atoms with Crippen LogP contribution in [0, 0.1) is 13.8 Å². The maximum absolute atomic E-state index is 11.5. The molecule has 0 heterocycles. The highest BCUT2D eigenvalue weighted by atomic mass is 35.5. The zero-order valence-corrected chi connectivity index (χ0v) is 13.8. The van der Waals surface area contributed by atoms with Gasteiger partial charge in [-0.05, 0) is 60.9 Å². The quantitative estimate of drug-likeness (QED) is 0.860. The molecule has 1 atom stereocenters. The summed E-state index contributed by atoms with van der Waals surface area (Å²) >= 11 is 11.9. The van der Waals surface area contributed by atoms with Crippen LogP contribution in [0.1, 0.15) is 16.7 Å². The molecule has 0 radical (unpaired) electrons. The number of carboxylic acid groups (broad SMARTS) is 1. The van der Waals surface area contributed by atoms with Crippen molar-refractivity contribution in [1.29, 1.82) is 0 Å². The van der Waals surface area contributed by atoms with E-state index >= 15 is 0 Å². The van der Waals surface area contributed by atoms with Crippen LogP contribution in [0.25, 0.3) is 0 Å². The summed E-state index contributed by atoms with van der Waals surface area (Å²) in [5.41, 5.74) is 2.67. The topological polar surface area (TPSA) is 46.5 Å². The molecule has 0 fully saturated rings. The number of halogens is 2. The van der Waals surface area contributed by atoms with Gasteiger partial charge in [0.1, 0.15) is 5.75 Å². The molecule has 0 amide bonds. The molecule has 2 aromatic rings. The van der Waals surface area contributed by atoms with Gasteiger partial charge >= 0.3 is 5.97 Å². The zero-order valence-electron chi connectivity index (χ0n) is 12.3. The van der Waals surface area contributed by atoms with Crippen molar-refractivity contribution in [3.63, 3.8) is 0 Å². The lowest BCUT2D eigenvalue weighted by Crippen LogP contribution is -2.29. The molecule has 0 bridgehead atoms. The third-order valence-corrected chi connectivity index (χ3v) is 4.05. The van der Waals surface area contributed by atoms with Crippen LogP contribution in [0.2, 0.25) is 10.0 Å². The van der Waals surface area contributed by atoms with E-state index in [0.717, 1.165) is 16.7 Å². The Balaban J connectivity index is 2.19. The maximum Gasteiger partial charge on any atom is 0.345 e. The number of aliphatic carboxylic acids is 1. The highest BCUT2D eigenvalue weighted by Crippen LogP contribution is 2.23. The number of benzene rings is 2. The van der Waals surface area contributed by atoms with E-state index in [4.69, 9.17) is 27.9 Å². The van der Waals surface area contributed by atoms with Crippen molar-refractivity contribution in [1.82, 2.24) is 0 Å². The van der Waals surface area contributed by atoms with Gasteiger partial charge in [-0.1, -0.05) is 29.3 Å². The number of carboxylic acids is 1. The standard InChI is InChI=1S/C17H16Cl2O3/c1-10-7-13(18)4-3-12(10)9-16(17(20)21)22-14-5-6-15(19)11(2)8-14/h3-8,16H,9H2,1-2H3,(H,20,21). The summed E-state index contributed by atoms with van der Waals surface area (Å²) in [6, 6.07) is 10.5. The highest BCUT2D eigenvalue weighted by molar-refractivity contribution is 6.31. The number of ether oxygens (including phenoxy) is 1. The molecule has 0 aromatic heterocycles. The van der Waals surface area contributed by atoms with Gasteiger partial charge in [-0.2, -0.15) is 0 Å². The fraction of sp³-hybridized carbons (Fsp3) is 0.235. The molecule has 0 aliphatic carbocycles. The Morgan fingerprint density at radius 3 is 2.45 bits per heavy atom. The largest absolute Gasteiger partial charge is 0.478 e. The third-order valence-electron chi connectivity index (χ3n) is 3.39. The molecule has 0 aliphatic rings. The molecule has 2 aromatic carbocycles. The summed E-state index contributed by atoms with van der Waals surface area (Å²) in [7, 11) is 0. The van der Waals surface area contributed by atoms with E-state index in [1.54, 1.807) is 24.3 Å². The number of aryl methyl sites for hydroxylation is 2. The summed E-state index contributed by atoms with van der Waals surface area (Å²) in [5, 5.41) is 10.6. The molecule has 0 aliphatic heterocycles. The predicted molar refractivity (Wildman–Crippen MR) is 88.1 cm³/mol. The minimum Gasteiger partial charge on any atom is -0.478 e. The molecular formula is C17H16Cl2O3. The number of hydrogen-bond acceptors (Lipinski definition) is 2. The van der Waals surface area contributed by atoms with Crippen LogP contribution >= 0.6 is 23.2 Å². The zero-order chi connectivity index (χ0) is 16.3. The Hall–Kier alpha value is -1.71. The first-order valence-corrected chi connectivity index (χ1v) is 7.53. The van der Waals surface area contributed by atoms with Gasteiger partial charge in [0.05, 0.1) is 0 Å². The summed E-state index contributed by atoms with van der Waals surface area (Å²) in [5.74, 6) is -0.525. The minimum absolute atomic E-state index is 0.264. The van der Waals surface area contributed by atoms with Crippen LogP contribution in [0.15, 0.2) is 36.4 Å². The molecule has 0 spiro atoms. The smallest absolute Gasteiger partial charge is 0.345 e. The Morgan fingerprint density at radius 1 is 1.14 bits per heavy atom. The van der Waals surface area contributed by atoms with E-state index in [9.17, 15) is 9.90 Å². The Kier molecular flexibility index (Phi) is 5.33. The molecule has 22 heavy (non-hydrogen) atoms. The summed E-state index contributed by atoms with van der Waals surface area (Å²) in [4.78, 5) is 11.5. The van der Waals surface area contributed by atoms with Crippen molar-refractivity contribution in [2.45, 2.75) is 26.4 Å². The average molecular weight is 339 g/mol. The van der Waals surface area contributed by atoms with Crippen LogP contribution in [0.5, 0.6) is 5.75 Å². The second-order valence-corrected chi connectivity index (χ2v) is 5.97. The normalized spacial score (nSPS) is 12.0. The first-order valence-electron chi connectivity index (χ1n) is 6.77. The summed E-state index contributed by atoms with van der Waals surface area (Å²) in [6.45, 7) is 3.74. The number of carbonyl (C=O) groups is 1. The molecule has 1 N–H and O–H groups in total. The lowest BCUT2D eigenvalue weighted by atomic mass is 10.0. The van der Waals surface area contributed by atoms with Crippen LogP contribution in [0.4, 0.5) is 0 Å². The fourth-order valence-electron chi connectivity index (χ4n) is 2.12. The number of hydrogen-bond donors (Lipinski definition) is 1. The van der Waals surface area contributed by atoms with E-state index in [2.05, 4.69) is 0 Å².